The van der Waals surface area contributed by atoms with Gasteiger partial charge in [0, 0.05) is 12.7 Å². The number of nitrogens with zero attached hydrogens (tertiary/aromatic N) is 1. The second-order valence-electron chi connectivity index (χ2n) is 4.52. The average Bonchev–Trinajstić information content (AvgIpc) is 2.37. The van der Waals surface area contributed by atoms with E-state index in [4.69, 9.17) is 5.11 Å². The van der Waals surface area contributed by atoms with Crippen molar-refractivity contribution in [2.75, 3.05) is 19.0 Å². The minimum absolute atomic E-state index is 0.00148. The summed E-state index contributed by atoms with van der Waals surface area (Å²) in [5.41, 5.74) is 0.116. The smallest absolute Gasteiger partial charge is 0.393 e. The van der Waals surface area contributed by atoms with Crippen LogP contribution >= 0.6 is 0 Å². The van der Waals surface area contributed by atoms with E-state index in [0.717, 1.165) is 0 Å². The van der Waals surface area contributed by atoms with E-state index in [1.807, 2.05) is 0 Å². The van der Waals surface area contributed by atoms with Crippen molar-refractivity contribution in [3.63, 3.8) is 0 Å². The van der Waals surface area contributed by atoms with Gasteiger partial charge in [-0.1, -0.05) is 18.2 Å². The number of aliphatic hydroxyl groups is 1. The van der Waals surface area contributed by atoms with Crippen LogP contribution in [0.25, 0.3) is 0 Å². The summed E-state index contributed by atoms with van der Waals surface area (Å²) in [5.74, 6) is 0. The molecule has 4 nitrogen and oxygen atoms in total. The first-order chi connectivity index (χ1) is 9.24. The highest BCUT2D eigenvalue weighted by molar-refractivity contribution is 5.90. The summed E-state index contributed by atoms with van der Waals surface area (Å²) in [6.45, 7) is 1.40. The summed E-state index contributed by atoms with van der Waals surface area (Å²) < 4.78 is 37.3. The first-order valence-corrected chi connectivity index (χ1v) is 6.04. The van der Waals surface area contributed by atoms with Crippen LogP contribution in [0.3, 0.4) is 0 Å². The van der Waals surface area contributed by atoms with Gasteiger partial charge in [-0.2, -0.15) is 13.2 Å². The zero-order valence-corrected chi connectivity index (χ0v) is 11.2. The van der Waals surface area contributed by atoms with E-state index in [1.165, 1.54) is 30.1 Å². The van der Waals surface area contributed by atoms with Gasteiger partial charge in [0.05, 0.1) is 19.1 Å². The summed E-state index contributed by atoms with van der Waals surface area (Å²) in [6.07, 6.45) is -5.45. The van der Waals surface area contributed by atoms with Crippen LogP contribution in [0.5, 0.6) is 0 Å². The molecule has 0 aromatic heterocycles. The molecular weight excluding hydrogens is 273 g/mol. The second kappa shape index (κ2) is 6.60. The Morgan fingerprint density at radius 1 is 1.40 bits per heavy atom. The third-order valence-corrected chi connectivity index (χ3v) is 2.90. The lowest BCUT2D eigenvalue weighted by molar-refractivity contribution is -0.127. The second-order valence-corrected chi connectivity index (χ2v) is 4.52. The van der Waals surface area contributed by atoms with Crippen molar-refractivity contribution < 1.29 is 23.1 Å². The molecule has 0 aliphatic rings. The van der Waals surface area contributed by atoms with E-state index in [9.17, 15) is 18.0 Å². The molecular formula is C13H17F3N2O2. The number of amides is 2. The molecule has 112 valence electrons. The number of nitrogens with one attached hydrogen (secondary N) is 1. The summed E-state index contributed by atoms with van der Waals surface area (Å²) >= 11 is 0. The SMILES string of the molecule is CC(CO)N(C)C(=O)Nc1ccccc1CC(F)(F)F. The number of carbonyl (C=O) groups excluding carboxylic acids is 1. The molecule has 0 fully saturated rings. The Bertz CT molecular complexity index is 463. The van der Waals surface area contributed by atoms with Gasteiger partial charge in [-0.15, -0.1) is 0 Å². The van der Waals surface area contributed by atoms with Crippen LogP contribution in [-0.2, 0) is 6.42 Å². The standard InChI is InChI=1S/C13H17F3N2O2/c1-9(8-19)18(2)12(20)17-11-6-4-3-5-10(11)7-13(14,15)16/h3-6,9,19H,7-8H2,1-2H3,(H,17,20). The zero-order valence-electron chi connectivity index (χ0n) is 11.2. The van der Waals surface area contributed by atoms with Crippen molar-refractivity contribution in [1.82, 2.24) is 4.90 Å². The molecule has 0 saturated heterocycles. The number of hydrogen-bond donors (Lipinski definition) is 2. The largest absolute Gasteiger partial charge is 0.394 e. The molecule has 0 bridgehead atoms. The first-order valence-electron chi connectivity index (χ1n) is 6.04. The Hall–Kier alpha value is -1.76. The fourth-order valence-corrected chi connectivity index (χ4v) is 1.54. The number of rotatable bonds is 4. The van der Waals surface area contributed by atoms with Gasteiger partial charge in [-0.05, 0) is 18.6 Å². The number of anilines is 1. The van der Waals surface area contributed by atoms with E-state index in [1.54, 1.807) is 13.0 Å². The van der Waals surface area contributed by atoms with Crippen molar-refractivity contribution in [2.45, 2.75) is 25.6 Å². The number of benzene rings is 1. The lowest BCUT2D eigenvalue weighted by atomic mass is 10.1. The molecule has 1 unspecified atom stereocenters. The molecule has 7 heteroatoms. The monoisotopic (exact) mass is 290 g/mol. The van der Waals surface area contributed by atoms with Crippen molar-refractivity contribution >= 4 is 11.7 Å². The number of alkyl halides is 3. The van der Waals surface area contributed by atoms with Gasteiger partial charge in [0.1, 0.15) is 0 Å². The maximum Gasteiger partial charge on any atom is 0.393 e. The van der Waals surface area contributed by atoms with E-state index >= 15 is 0 Å². The Kier molecular flexibility index (Phi) is 5.38. The highest BCUT2D eigenvalue weighted by Crippen LogP contribution is 2.26. The van der Waals surface area contributed by atoms with Crippen LogP contribution < -0.4 is 5.32 Å². The number of halogens is 3. The van der Waals surface area contributed by atoms with Crippen molar-refractivity contribution in [3.8, 4) is 0 Å². The molecule has 0 spiro atoms. The number of likely N-dealkylation sites (N-methyl/N-ethyl adjacent to an activating group) is 1. The van der Waals surface area contributed by atoms with Crippen molar-refractivity contribution in [2.24, 2.45) is 0 Å². The lowest BCUT2D eigenvalue weighted by Crippen LogP contribution is -2.40. The number of hydrogen-bond acceptors (Lipinski definition) is 2. The fraction of sp³-hybridized carbons (Fsp3) is 0.462. The minimum Gasteiger partial charge on any atom is -0.394 e. The molecule has 20 heavy (non-hydrogen) atoms. The number of para-hydroxylation sites is 1. The van der Waals surface area contributed by atoms with Crippen LogP contribution in [0.15, 0.2) is 24.3 Å². The Labute approximate surface area is 115 Å². The number of urea groups is 1. The quantitative estimate of drug-likeness (QED) is 0.895. The maximum absolute atomic E-state index is 12.4. The average molecular weight is 290 g/mol. The Balaban J connectivity index is 2.85. The topological polar surface area (TPSA) is 52.6 Å². The predicted molar refractivity (Wildman–Crippen MR) is 69.5 cm³/mol. The van der Waals surface area contributed by atoms with E-state index in [-0.39, 0.29) is 17.9 Å². The van der Waals surface area contributed by atoms with E-state index in [2.05, 4.69) is 5.32 Å². The summed E-state index contributed by atoms with van der Waals surface area (Å²) in [6, 6.07) is 4.77. The molecule has 0 aliphatic carbocycles. The highest BCUT2D eigenvalue weighted by atomic mass is 19.4. The van der Waals surface area contributed by atoms with Crippen LogP contribution in [0.1, 0.15) is 12.5 Å². The zero-order chi connectivity index (χ0) is 15.3. The molecule has 1 atom stereocenters. The van der Waals surface area contributed by atoms with Gasteiger partial charge in [0.25, 0.3) is 0 Å². The van der Waals surface area contributed by atoms with Gasteiger partial charge in [0.15, 0.2) is 0 Å². The molecule has 0 aliphatic heterocycles. The molecule has 2 N–H and O–H groups in total. The third kappa shape index (κ3) is 4.73. The van der Waals surface area contributed by atoms with Gasteiger partial charge < -0.3 is 15.3 Å². The summed E-state index contributed by atoms with van der Waals surface area (Å²) in [5, 5.41) is 11.4. The maximum atomic E-state index is 12.4. The van der Waals surface area contributed by atoms with E-state index in [0.29, 0.717) is 0 Å². The predicted octanol–water partition coefficient (Wildman–Crippen LogP) is 2.64. The van der Waals surface area contributed by atoms with Crippen LogP contribution in [0, 0.1) is 0 Å². The fourth-order valence-electron chi connectivity index (χ4n) is 1.54. The van der Waals surface area contributed by atoms with Crippen LogP contribution in [0.2, 0.25) is 0 Å². The van der Waals surface area contributed by atoms with Gasteiger partial charge >= 0.3 is 12.2 Å². The Morgan fingerprint density at radius 2 is 2.00 bits per heavy atom. The summed E-state index contributed by atoms with van der Waals surface area (Å²) in [7, 11) is 1.46. The summed E-state index contributed by atoms with van der Waals surface area (Å²) in [4.78, 5) is 13.1. The molecule has 0 radical (unpaired) electrons. The molecule has 1 aromatic carbocycles. The lowest BCUT2D eigenvalue weighted by Gasteiger charge is -2.24. The molecule has 1 rings (SSSR count). The van der Waals surface area contributed by atoms with Crippen molar-refractivity contribution in [1.29, 1.82) is 0 Å². The van der Waals surface area contributed by atoms with Gasteiger partial charge in [-0.3, -0.25) is 0 Å². The van der Waals surface area contributed by atoms with Crippen LogP contribution in [-0.4, -0.2) is 41.9 Å². The molecule has 1 aromatic rings. The minimum atomic E-state index is -4.34. The molecule has 0 heterocycles. The van der Waals surface area contributed by atoms with Gasteiger partial charge in [-0.25, -0.2) is 4.79 Å². The van der Waals surface area contributed by atoms with Crippen LogP contribution in [0.4, 0.5) is 23.7 Å². The number of aliphatic hydroxyl groups excluding tert-OH is 1. The third-order valence-electron chi connectivity index (χ3n) is 2.90. The molecule has 2 amide bonds. The normalized spacial score (nSPS) is 12.9. The van der Waals surface area contributed by atoms with Crippen molar-refractivity contribution in [3.05, 3.63) is 29.8 Å². The van der Waals surface area contributed by atoms with E-state index < -0.39 is 24.7 Å². The Morgan fingerprint density at radius 3 is 2.55 bits per heavy atom. The van der Waals surface area contributed by atoms with Gasteiger partial charge in [0.2, 0.25) is 0 Å². The highest BCUT2D eigenvalue weighted by Gasteiger charge is 2.29. The number of carbonyl (C=O) groups is 1. The molecule has 0 saturated carbocycles. The first kappa shape index (κ1) is 16.3.